The minimum absolute atomic E-state index is 0.107. The third-order valence-corrected chi connectivity index (χ3v) is 4.37. The van der Waals surface area contributed by atoms with Gasteiger partial charge in [0.15, 0.2) is 11.6 Å². The van der Waals surface area contributed by atoms with Gasteiger partial charge in [-0.1, -0.05) is 12.2 Å². The van der Waals surface area contributed by atoms with Crippen molar-refractivity contribution in [2.45, 2.75) is 13.0 Å². The molecule has 27 heavy (non-hydrogen) atoms. The summed E-state index contributed by atoms with van der Waals surface area (Å²) < 4.78 is 28.9. The second-order valence-corrected chi connectivity index (χ2v) is 6.90. The molecule has 1 aromatic rings. The predicted molar refractivity (Wildman–Crippen MR) is 103 cm³/mol. The monoisotopic (exact) mass is 402 g/mol. The summed E-state index contributed by atoms with van der Waals surface area (Å²) >= 11 is 4.85. The van der Waals surface area contributed by atoms with Crippen LogP contribution in [0.1, 0.15) is 6.92 Å². The van der Waals surface area contributed by atoms with Crippen molar-refractivity contribution in [1.29, 1.82) is 0 Å². The number of nitrogens with one attached hydrogen (secondary N) is 2. The number of aliphatic hydroxyl groups is 2. The maximum Gasteiger partial charge on any atom is 0.248 e. The fourth-order valence-electron chi connectivity index (χ4n) is 2.82. The molecule has 1 saturated heterocycles. The van der Waals surface area contributed by atoms with Crippen molar-refractivity contribution in [1.82, 2.24) is 10.2 Å². The molecule has 10 heteroatoms. The van der Waals surface area contributed by atoms with Gasteiger partial charge in [0.25, 0.3) is 0 Å². The molecule has 1 heterocycles. The quantitative estimate of drug-likeness (QED) is 0.489. The number of benzene rings is 1. The van der Waals surface area contributed by atoms with Crippen LogP contribution in [0.25, 0.3) is 0 Å². The Balaban J connectivity index is 1.96. The molecule has 2 rings (SSSR count). The van der Waals surface area contributed by atoms with Crippen molar-refractivity contribution in [3.63, 3.8) is 0 Å². The highest BCUT2D eigenvalue weighted by molar-refractivity contribution is 7.80. The zero-order chi connectivity index (χ0) is 20.0. The van der Waals surface area contributed by atoms with Crippen LogP contribution in [-0.2, 0) is 4.79 Å². The smallest absolute Gasteiger partial charge is 0.248 e. The number of anilines is 2. The topological polar surface area (TPSA) is 88.1 Å². The lowest BCUT2D eigenvalue weighted by Gasteiger charge is -2.36. The van der Waals surface area contributed by atoms with Crippen LogP contribution < -0.4 is 15.5 Å². The number of thiocarbonyl (C=S) groups is 1. The van der Waals surface area contributed by atoms with Gasteiger partial charge in [0.05, 0.1) is 11.1 Å². The maximum absolute atomic E-state index is 14.5. The van der Waals surface area contributed by atoms with Crippen molar-refractivity contribution in [3.05, 3.63) is 23.8 Å². The van der Waals surface area contributed by atoms with Crippen LogP contribution in [0.2, 0.25) is 0 Å². The number of hydrogen-bond acceptors (Lipinski definition) is 6. The second-order valence-electron chi connectivity index (χ2n) is 6.29. The van der Waals surface area contributed by atoms with Gasteiger partial charge in [0.2, 0.25) is 5.91 Å². The average molecular weight is 402 g/mol. The number of rotatable bonds is 7. The molecule has 0 bridgehead atoms. The molecule has 150 valence electrons. The lowest BCUT2D eigenvalue weighted by molar-refractivity contribution is -0.134. The Labute approximate surface area is 161 Å². The molecular formula is C17H24F2N4O3S. The highest BCUT2D eigenvalue weighted by Crippen LogP contribution is 2.28. The fourth-order valence-corrected chi connectivity index (χ4v) is 2.90. The van der Waals surface area contributed by atoms with E-state index in [1.54, 1.807) is 6.92 Å². The van der Waals surface area contributed by atoms with E-state index in [1.165, 1.54) is 21.9 Å². The molecular weight excluding hydrogens is 378 g/mol. The maximum atomic E-state index is 14.5. The number of carbonyl (C=O) groups is 1. The number of nitrogens with zero attached hydrogens (tertiary/aromatic N) is 2. The zero-order valence-electron chi connectivity index (χ0n) is 15.0. The Hall–Kier alpha value is -2.04. The normalized spacial score (nSPS) is 15.4. The van der Waals surface area contributed by atoms with Crippen LogP contribution in [0.4, 0.5) is 20.2 Å². The van der Waals surface area contributed by atoms with Crippen molar-refractivity contribution in [2.24, 2.45) is 0 Å². The molecule has 0 spiro atoms. The van der Waals surface area contributed by atoms with Gasteiger partial charge in [-0.2, -0.15) is 0 Å². The van der Waals surface area contributed by atoms with Crippen LogP contribution in [0.15, 0.2) is 12.1 Å². The van der Waals surface area contributed by atoms with Gasteiger partial charge in [-0.15, -0.1) is 0 Å². The first-order chi connectivity index (χ1) is 12.8. The molecule has 1 aliphatic heterocycles. The number of carbonyl (C=O) groups excluding carboxylic acids is 1. The molecule has 1 atom stereocenters. The van der Waals surface area contributed by atoms with Crippen LogP contribution in [0.5, 0.6) is 0 Å². The molecule has 0 aromatic heterocycles. The summed E-state index contributed by atoms with van der Waals surface area (Å²) in [6.07, 6.45) is -0.772. The van der Waals surface area contributed by atoms with Gasteiger partial charge in [0.1, 0.15) is 12.3 Å². The number of amides is 1. The summed E-state index contributed by atoms with van der Waals surface area (Å²) in [6, 6.07) is 2.35. The molecule has 7 nitrogen and oxygen atoms in total. The summed E-state index contributed by atoms with van der Waals surface area (Å²) in [7, 11) is 0. The molecule has 0 radical (unpaired) electrons. The minimum atomic E-state index is -0.772. The molecule has 1 aliphatic rings. The van der Waals surface area contributed by atoms with E-state index in [0.29, 0.717) is 4.99 Å². The summed E-state index contributed by atoms with van der Waals surface area (Å²) in [4.78, 5) is 15.0. The Morgan fingerprint density at radius 3 is 2.33 bits per heavy atom. The highest BCUT2D eigenvalue weighted by atomic mass is 32.1. The Kier molecular flexibility index (Phi) is 7.69. The van der Waals surface area contributed by atoms with E-state index in [4.69, 9.17) is 17.3 Å². The van der Waals surface area contributed by atoms with E-state index < -0.39 is 30.3 Å². The molecule has 0 aliphatic carbocycles. The third-order valence-electron chi connectivity index (χ3n) is 4.23. The van der Waals surface area contributed by atoms with Crippen molar-refractivity contribution in [3.8, 4) is 0 Å². The van der Waals surface area contributed by atoms with Crippen molar-refractivity contribution >= 4 is 34.5 Å². The standard InChI is InChI=1S/C17H24F2N4O3S/c1-11(27)20-8-13(25)9-21-12-6-14(18)17(15(19)7-12)23-4-2-22(3-5-23)16(26)10-24/h6-7,13,21,24-25H,2-5,8-10H2,1H3,(H,20,27)/t13-/m0/s1. The van der Waals surface area contributed by atoms with Crippen LogP contribution in [0.3, 0.4) is 0 Å². The van der Waals surface area contributed by atoms with Crippen molar-refractivity contribution < 1.29 is 23.8 Å². The van der Waals surface area contributed by atoms with Gasteiger partial charge in [0, 0.05) is 45.0 Å². The van der Waals surface area contributed by atoms with E-state index >= 15 is 0 Å². The van der Waals surface area contributed by atoms with Gasteiger partial charge < -0.3 is 30.6 Å². The number of aliphatic hydroxyl groups excluding tert-OH is 2. The van der Waals surface area contributed by atoms with Crippen LogP contribution >= 0.6 is 12.2 Å². The lowest BCUT2D eigenvalue weighted by Crippen LogP contribution is -2.50. The van der Waals surface area contributed by atoms with Gasteiger partial charge in [-0.3, -0.25) is 4.79 Å². The average Bonchev–Trinajstić information content (AvgIpc) is 2.64. The van der Waals surface area contributed by atoms with Crippen LogP contribution in [0, 0.1) is 11.6 Å². The van der Waals surface area contributed by atoms with E-state index in [9.17, 15) is 18.7 Å². The summed E-state index contributed by atoms with van der Waals surface area (Å²) in [5, 5.41) is 24.3. The molecule has 4 N–H and O–H groups in total. The zero-order valence-corrected chi connectivity index (χ0v) is 15.9. The van der Waals surface area contributed by atoms with E-state index in [-0.39, 0.29) is 50.6 Å². The van der Waals surface area contributed by atoms with Crippen molar-refractivity contribution in [2.75, 3.05) is 56.1 Å². The fraction of sp³-hybridized carbons (Fsp3) is 0.529. The first-order valence-corrected chi connectivity index (χ1v) is 9.01. The van der Waals surface area contributed by atoms with Gasteiger partial charge in [-0.25, -0.2) is 8.78 Å². The number of halogens is 2. The summed E-state index contributed by atoms with van der Waals surface area (Å²) in [5.41, 5.74) is 0.0798. The van der Waals surface area contributed by atoms with Crippen LogP contribution in [-0.4, -0.2) is 78.0 Å². The summed E-state index contributed by atoms with van der Waals surface area (Å²) in [6.45, 7) is 2.58. The Morgan fingerprint density at radius 1 is 1.22 bits per heavy atom. The van der Waals surface area contributed by atoms with E-state index in [2.05, 4.69) is 10.6 Å². The Morgan fingerprint density at radius 2 is 1.81 bits per heavy atom. The predicted octanol–water partition coefficient (Wildman–Crippen LogP) is 0.315. The van der Waals surface area contributed by atoms with E-state index in [1.807, 2.05) is 0 Å². The van der Waals surface area contributed by atoms with E-state index in [0.717, 1.165) is 0 Å². The second kappa shape index (κ2) is 9.77. The molecule has 1 fully saturated rings. The number of piperazine rings is 1. The molecule has 0 unspecified atom stereocenters. The van der Waals surface area contributed by atoms with Gasteiger partial charge >= 0.3 is 0 Å². The third kappa shape index (κ3) is 5.98. The summed E-state index contributed by atoms with van der Waals surface area (Å²) in [5.74, 6) is -1.84. The van der Waals surface area contributed by atoms with Gasteiger partial charge in [-0.05, 0) is 19.1 Å². The SMILES string of the molecule is CC(=S)NC[C@H](O)CNc1cc(F)c(N2CCN(C(=O)CO)CC2)c(F)c1. The first kappa shape index (κ1) is 21.3. The Bertz CT molecular complexity index is 661. The minimum Gasteiger partial charge on any atom is -0.389 e. The largest absolute Gasteiger partial charge is 0.389 e. The lowest BCUT2D eigenvalue weighted by atomic mass is 10.2. The first-order valence-electron chi connectivity index (χ1n) is 8.60. The molecule has 1 aromatic carbocycles. The molecule has 0 saturated carbocycles. The molecule has 1 amide bonds. The highest BCUT2D eigenvalue weighted by Gasteiger charge is 2.25. The number of hydrogen-bond donors (Lipinski definition) is 4.